The van der Waals surface area contributed by atoms with E-state index in [1.807, 2.05) is 48.5 Å². The lowest BCUT2D eigenvalue weighted by Crippen LogP contribution is -2.45. The van der Waals surface area contributed by atoms with Crippen molar-refractivity contribution >= 4 is 23.8 Å². The highest BCUT2D eigenvalue weighted by Crippen LogP contribution is 2.14. The van der Waals surface area contributed by atoms with Crippen LogP contribution in [0.15, 0.2) is 91.0 Å². The van der Waals surface area contributed by atoms with Crippen LogP contribution in [0.3, 0.4) is 0 Å². The molecule has 0 aliphatic carbocycles. The maximum atomic E-state index is 12.6. The summed E-state index contributed by atoms with van der Waals surface area (Å²) in [5.41, 5.74) is 6.41. The Kier molecular flexibility index (Phi) is 8.94. The van der Waals surface area contributed by atoms with Gasteiger partial charge in [-0.3, -0.25) is 24.6 Å². The zero-order chi connectivity index (χ0) is 25.2. The van der Waals surface area contributed by atoms with Gasteiger partial charge < -0.3 is 0 Å². The fraction of sp³-hybridized carbons (Fsp3) is 0.200. The van der Waals surface area contributed by atoms with Crippen LogP contribution in [0.5, 0.6) is 0 Å². The van der Waals surface area contributed by atoms with Gasteiger partial charge in [0.05, 0.1) is 0 Å². The van der Waals surface area contributed by atoms with Crippen LogP contribution in [0.2, 0.25) is 0 Å². The summed E-state index contributed by atoms with van der Waals surface area (Å²) in [7, 11) is 0. The smallest absolute Gasteiger partial charge is 0.267 e. The SMILES string of the molecule is O=C(/C=C/c1cccc(/C=C/C(=O)c2ccc(CN3CCN(Cc4ccccc4)CC3)cc2)c1)NO. The van der Waals surface area contributed by atoms with Crippen molar-refractivity contribution in [2.75, 3.05) is 26.2 Å². The first-order valence-corrected chi connectivity index (χ1v) is 12.1. The van der Waals surface area contributed by atoms with Gasteiger partial charge in [-0.05, 0) is 40.5 Å². The van der Waals surface area contributed by atoms with E-state index in [1.54, 1.807) is 23.7 Å². The minimum atomic E-state index is -0.597. The van der Waals surface area contributed by atoms with E-state index in [4.69, 9.17) is 5.21 Å². The van der Waals surface area contributed by atoms with Crippen molar-refractivity contribution in [2.24, 2.45) is 0 Å². The molecule has 36 heavy (non-hydrogen) atoms. The van der Waals surface area contributed by atoms with Gasteiger partial charge in [-0.15, -0.1) is 0 Å². The van der Waals surface area contributed by atoms with Gasteiger partial charge in [-0.2, -0.15) is 0 Å². The molecule has 6 nitrogen and oxygen atoms in total. The molecule has 6 heteroatoms. The maximum Gasteiger partial charge on any atom is 0.267 e. The molecular weight excluding hydrogens is 450 g/mol. The summed E-state index contributed by atoms with van der Waals surface area (Å²) >= 11 is 0. The maximum absolute atomic E-state index is 12.6. The molecule has 4 rings (SSSR count). The Balaban J connectivity index is 1.26. The van der Waals surface area contributed by atoms with Crippen molar-refractivity contribution in [1.29, 1.82) is 0 Å². The van der Waals surface area contributed by atoms with Gasteiger partial charge in [0.25, 0.3) is 5.91 Å². The van der Waals surface area contributed by atoms with Crippen LogP contribution in [0.1, 0.15) is 32.6 Å². The van der Waals surface area contributed by atoms with E-state index in [0.29, 0.717) is 5.56 Å². The second kappa shape index (κ2) is 12.7. The summed E-state index contributed by atoms with van der Waals surface area (Å²) in [6.45, 7) is 6.08. The number of carbonyl (C=O) groups excluding carboxylic acids is 2. The molecule has 184 valence electrons. The summed E-state index contributed by atoms with van der Waals surface area (Å²) in [5, 5.41) is 8.57. The van der Waals surface area contributed by atoms with Gasteiger partial charge in [0, 0.05) is 50.9 Å². The number of nitrogens with one attached hydrogen (secondary N) is 1. The zero-order valence-corrected chi connectivity index (χ0v) is 20.2. The van der Waals surface area contributed by atoms with Crippen molar-refractivity contribution in [2.45, 2.75) is 13.1 Å². The highest BCUT2D eigenvalue weighted by atomic mass is 16.5. The summed E-state index contributed by atoms with van der Waals surface area (Å²) in [6.07, 6.45) is 6.14. The number of rotatable bonds is 9. The summed E-state index contributed by atoms with van der Waals surface area (Å²) in [5.74, 6) is -0.656. The van der Waals surface area contributed by atoms with Gasteiger partial charge in [-0.1, -0.05) is 78.9 Å². The van der Waals surface area contributed by atoms with Gasteiger partial charge >= 0.3 is 0 Å². The lowest BCUT2D eigenvalue weighted by molar-refractivity contribution is -0.124. The number of hydrogen-bond donors (Lipinski definition) is 2. The number of ketones is 1. The standard InChI is InChI=1S/C30H31N3O3/c34-29(15-11-24-7-4-8-25(21-24)12-16-30(35)31-36)28-13-9-27(10-14-28)23-33-19-17-32(18-20-33)22-26-5-2-1-3-6-26/h1-16,21,36H,17-20,22-23H2,(H,31,35)/b15-11+,16-12+. The molecule has 1 aliphatic heterocycles. The number of piperazine rings is 1. The van der Waals surface area contributed by atoms with Gasteiger partial charge in [0.2, 0.25) is 0 Å². The lowest BCUT2D eigenvalue weighted by atomic mass is 10.1. The topological polar surface area (TPSA) is 72.9 Å². The summed E-state index contributed by atoms with van der Waals surface area (Å²) < 4.78 is 0. The predicted octanol–water partition coefficient (Wildman–Crippen LogP) is 4.42. The largest absolute Gasteiger partial charge is 0.297 e. The molecule has 2 N–H and O–H groups in total. The molecule has 1 heterocycles. The molecule has 1 aliphatic rings. The van der Waals surface area contributed by atoms with Crippen LogP contribution in [0.4, 0.5) is 0 Å². The van der Waals surface area contributed by atoms with Crippen molar-refractivity contribution in [3.05, 3.63) is 119 Å². The Hall–Kier alpha value is -3.84. The Morgan fingerprint density at radius 1 is 0.722 bits per heavy atom. The van der Waals surface area contributed by atoms with Crippen LogP contribution in [-0.4, -0.2) is 52.9 Å². The summed E-state index contributed by atoms with van der Waals surface area (Å²) in [4.78, 5) is 28.7. The van der Waals surface area contributed by atoms with Crippen LogP contribution in [-0.2, 0) is 17.9 Å². The minimum Gasteiger partial charge on any atom is -0.297 e. The molecule has 3 aromatic rings. The molecule has 0 aromatic heterocycles. The third kappa shape index (κ3) is 7.58. The number of carbonyl (C=O) groups is 2. The third-order valence-electron chi connectivity index (χ3n) is 6.23. The number of hydrogen-bond acceptors (Lipinski definition) is 5. The third-order valence-corrected chi connectivity index (χ3v) is 6.23. The highest BCUT2D eigenvalue weighted by molar-refractivity contribution is 6.06. The van der Waals surface area contributed by atoms with E-state index in [2.05, 4.69) is 40.1 Å². The fourth-order valence-corrected chi connectivity index (χ4v) is 4.22. The van der Waals surface area contributed by atoms with E-state index in [-0.39, 0.29) is 5.78 Å². The molecule has 1 amide bonds. The molecule has 1 saturated heterocycles. The van der Waals surface area contributed by atoms with E-state index in [1.165, 1.54) is 17.2 Å². The first-order chi connectivity index (χ1) is 17.6. The average molecular weight is 482 g/mol. The first-order valence-electron chi connectivity index (χ1n) is 12.1. The van der Waals surface area contributed by atoms with Crippen molar-refractivity contribution in [3.63, 3.8) is 0 Å². The quantitative estimate of drug-likeness (QED) is 0.205. The lowest BCUT2D eigenvalue weighted by Gasteiger charge is -2.34. The van der Waals surface area contributed by atoms with E-state index >= 15 is 0 Å². The molecule has 1 fully saturated rings. The Labute approximate surface area is 212 Å². The van der Waals surface area contributed by atoms with Gasteiger partial charge in [0.1, 0.15) is 0 Å². The Morgan fingerprint density at radius 2 is 1.28 bits per heavy atom. The van der Waals surface area contributed by atoms with Crippen molar-refractivity contribution in [3.8, 4) is 0 Å². The first kappa shape index (κ1) is 25.3. The molecule has 3 aromatic carbocycles. The molecule has 0 radical (unpaired) electrons. The van der Waals surface area contributed by atoms with E-state index < -0.39 is 5.91 Å². The fourth-order valence-electron chi connectivity index (χ4n) is 4.22. The number of amides is 1. The average Bonchev–Trinajstić information content (AvgIpc) is 2.92. The minimum absolute atomic E-state index is 0.0586. The number of nitrogens with zero attached hydrogens (tertiary/aromatic N) is 2. The van der Waals surface area contributed by atoms with Gasteiger partial charge in [-0.25, -0.2) is 5.48 Å². The molecule has 0 spiro atoms. The van der Waals surface area contributed by atoms with E-state index in [0.717, 1.165) is 50.4 Å². The molecule has 0 bridgehead atoms. The normalized spacial score (nSPS) is 14.9. The second-order valence-corrected chi connectivity index (χ2v) is 8.91. The molecular formula is C30H31N3O3. The number of hydroxylamine groups is 1. The van der Waals surface area contributed by atoms with Crippen LogP contribution < -0.4 is 5.48 Å². The number of benzene rings is 3. The van der Waals surface area contributed by atoms with Gasteiger partial charge in [0.15, 0.2) is 5.78 Å². The highest BCUT2D eigenvalue weighted by Gasteiger charge is 2.17. The molecule has 0 atom stereocenters. The second-order valence-electron chi connectivity index (χ2n) is 8.91. The Bertz CT molecular complexity index is 1210. The Morgan fingerprint density at radius 3 is 1.86 bits per heavy atom. The predicted molar refractivity (Wildman–Crippen MR) is 142 cm³/mol. The zero-order valence-electron chi connectivity index (χ0n) is 20.2. The molecule has 0 saturated carbocycles. The number of allylic oxidation sites excluding steroid dienone is 1. The summed E-state index contributed by atoms with van der Waals surface area (Å²) in [6, 6.07) is 25.9. The van der Waals surface area contributed by atoms with Crippen LogP contribution in [0.25, 0.3) is 12.2 Å². The van der Waals surface area contributed by atoms with Crippen molar-refractivity contribution in [1.82, 2.24) is 15.3 Å². The van der Waals surface area contributed by atoms with Crippen molar-refractivity contribution < 1.29 is 14.8 Å². The van der Waals surface area contributed by atoms with E-state index in [9.17, 15) is 9.59 Å². The van der Waals surface area contributed by atoms with Crippen LogP contribution >= 0.6 is 0 Å². The monoisotopic (exact) mass is 481 g/mol. The molecule has 0 unspecified atom stereocenters. The van der Waals surface area contributed by atoms with Crippen LogP contribution in [0, 0.1) is 0 Å².